The number of aromatic nitrogens is 1. The largest absolute Gasteiger partial charge is 0.395 e. The number of aliphatic hydroxyl groups excluding tert-OH is 1. The Labute approximate surface area is 142 Å². The monoisotopic (exact) mass is 333 g/mol. The summed E-state index contributed by atoms with van der Waals surface area (Å²) in [5, 5.41) is 10.7. The molecule has 2 heterocycles. The quantitative estimate of drug-likeness (QED) is 0.882. The fourth-order valence-electron chi connectivity index (χ4n) is 3.44. The van der Waals surface area contributed by atoms with E-state index in [0.717, 1.165) is 44.5 Å². The number of rotatable bonds is 6. The first-order valence-electron chi connectivity index (χ1n) is 8.64. The molecule has 1 fully saturated rings. The summed E-state index contributed by atoms with van der Waals surface area (Å²) in [5.74, 6) is 0. The van der Waals surface area contributed by atoms with Gasteiger partial charge < -0.3 is 5.11 Å². The van der Waals surface area contributed by atoms with Crippen molar-refractivity contribution in [2.24, 2.45) is 0 Å². The van der Waals surface area contributed by atoms with Crippen LogP contribution in [0.3, 0.4) is 0 Å². The lowest BCUT2D eigenvalue weighted by Gasteiger charge is -2.40. The Hall–Kier alpha value is -1.01. The lowest BCUT2D eigenvalue weighted by atomic mass is 10.1. The van der Waals surface area contributed by atoms with Crippen LogP contribution in [0.25, 0.3) is 10.2 Å². The number of thiazole rings is 1. The number of aliphatic hydroxyl groups is 1. The van der Waals surface area contributed by atoms with Crippen LogP contribution in [-0.2, 0) is 6.42 Å². The Morgan fingerprint density at radius 3 is 2.52 bits per heavy atom. The van der Waals surface area contributed by atoms with E-state index in [-0.39, 0.29) is 6.61 Å². The van der Waals surface area contributed by atoms with Crippen LogP contribution in [0.2, 0.25) is 0 Å². The summed E-state index contributed by atoms with van der Waals surface area (Å²) in [4.78, 5) is 9.76. The molecule has 1 aromatic carbocycles. The van der Waals surface area contributed by atoms with Gasteiger partial charge in [0.25, 0.3) is 0 Å². The number of hydrogen-bond donors (Lipinski definition) is 1. The molecular formula is C18H27N3OS. The van der Waals surface area contributed by atoms with E-state index >= 15 is 0 Å². The number of nitrogens with zero attached hydrogens (tertiary/aromatic N) is 3. The maximum atomic E-state index is 9.46. The smallest absolute Gasteiger partial charge is 0.0954 e. The summed E-state index contributed by atoms with van der Waals surface area (Å²) in [6.07, 6.45) is 2.05. The molecule has 1 saturated heterocycles. The van der Waals surface area contributed by atoms with Crippen molar-refractivity contribution in [1.29, 1.82) is 0 Å². The summed E-state index contributed by atoms with van der Waals surface area (Å²) in [7, 11) is 0. The molecule has 0 aliphatic carbocycles. The zero-order valence-corrected chi connectivity index (χ0v) is 14.9. The highest BCUT2D eigenvalue weighted by Crippen LogP contribution is 2.23. The van der Waals surface area contributed by atoms with Crippen molar-refractivity contribution < 1.29 is 5.11 Å². The standard InChI is InChI=1S/C18H27N3OS/c1-3-15(13-22)21-10-8-20(9-11-21)14(2)12-18-19-16-6-4-5-7-17(16)23-18/h4-7,14-15,22H,3,8-13H2,1-2H3. The number of hydrogen-bond acceptors (Lipinski definition) is 5. The highest BCUT2D eigenvalue weighted by atomic mass is 32.1. The molecule has 4 nitrogen and oxygen atoms in total. The lowest BCUT2D eigenvalue weighted by Crippen LogP contribution is -2.53. The summed E-state index contributed by atoms with van der Waals surface area (Å²) in [5.41, 5.74) is 1.12. The van der Waals surface area contributed by atoms with Crippen LogP contribution in [0.4, 0.5) is 0 Å². The van der Waals surface area contributed by atoms with E-state index in [1.54, 1.807) is 0 Å². The summed E-state index contributed by atoms with van der Waals surface area (Å²) < 4.78 is 1.29. The third-order valence-electron chi connectivity index (χ3n) is 4.98. The SMILES string of the molecule is CCC(CO)N1CCN(C(C)Cc2nc3ccccc3s2)CC1. The van der Waals surface area contributed by atoms with Gasteiger partial charge in [-0.1, -0.05) is 19.1 Å². The molecule has 3 rings (SSSR count). The maximum absolute atomic E-state index is 9.46. The fourth-order valence-corrected chi connectivity index (χ4v) is 4.52. The Morgan fingerprint density at radius 1 is 1.17 bits per heavy atom. The molecule has 2 unspecified atom stereocenters. The van der Waals surface area contributed by atoms with E-state index in [0.29, 0.717) is 12.1 Å². The normalized spacial score (nSPS) is 20.0. The summed E-state index contributed by atoms with van der Waals surface area (Å²) in [6.45, 7) is 9.03. The molecule has 0 spiro atoms. The molecule has 0 amide bonds. The Bertz CT molecular complexity index is 585. The van der Waals surface area contributed by atoms with Crippen molar-refractivity contribution in [2.45, 2.75) is 38.8 Å². The second-order valence-corrected chi connectivity index (χ2v) is 7.56. The van der Waals surface area contributed by atoms with Crippen molar-refractivity contribution in [2.75, 3.05) is 32.8 Å². The molecule has 0 radical (unpaired) electrons. The molecule has 1 aliphatic heterocycles. The minimum absolute atomic E-state index is 0.276. The van der Waals surface area contributed by atoms with Gasteiger partial charge in [0, 0.05) is 44.7 Å². The average molecular weight is 334 g/mol. The average Bonchev–Trinajstić information content (AvgIpc) is 2.98. The van der Waals surface area contributed by atoms with Gasteiger partial charge in [-0.2, -0.15) is 0 Å². The first-order valence-corrected chi connectivity index (χ1v) is 9.46. The molecular weight excluding hydrogens is 306 g/mol. The van der Waals surface area contributed by atoms with Gasteiger partial charge in [-0.05, 0) is 25.5 Å². The Balaban J connectivity index is 1.56. The molecule has 5 heteroatoms. The van der Waals surface area contributed by atoms with Crippen molar-refractivity contribution in [3.63, 3.8) is 0 Å². The summed E-state index contributed by atoms with van der Waals surface area (Å²) >= 11 is 1.82. The Kier molecular flexibility index (Phi) is 5.64. The van der Waals surface area contributed by atoms with Crippen LogP contribution in [-0.4, -0.2) is 64.8 Å². The van der Waals surface area contributed by atoms with Crippen LogP contribution in [0, 0.1) is 0 Å². The molecule has 0 bridgehead atoms. The van der Waals surface area contributed by atoms with Crippen LogP contribution >= 0.6 is 11.3 Å². The fraction of sp³-hybridized carbons (Fsp3) is 0.611. The van der Waals surface area contributed by atoms with Gasteiger partial charge in [-0.25, -0.2) is 4.98 Å². The topological polar surface area (TPSA) is 39.6 Å². The van der Waals surface area contributed by atoms with Gasteiger partial charge in [0.1, 0.15) is 0 Å². The van der Waals surface area contributed by atoms with E-state index in [4.69, 9.17) is 4.98 Å². The molecule has 2 aromatic rings. The van der Waals surface area contributed by atoms with Crippen LogP contribution in [0.5, 0.6) is 0 Å². The number of fused-ring (bicyclic) bond motifs is 1. The molecule has 1 aliphatic rings. The van der Waals surface area contributed by atoms with E-state index in [2.05, 4.69) is 47.9 Å². The molecule has 1 aromatic heterocycles. The molecule has 1 N–H and O–H groups in total. The highest BCUT2D eigenvalue weighted by Gasteiger charge is 2.25. The molecule has 126 valence electrons. The van der Waals surface area contributed by atoms with Crippen molar-refractivity contribution in [3.05, 3.63) is 29.3 Å². The van der Waals surface area contributed by atoms with Crippen LogP contribution < -0.4 is 0 Å². The second kappa shape index (κ2) is 7.71. The minimum atomic E-state index is 0.276. The zero-order valence-electron chi connectivity index (χ0n) is 14.1. The Morgan fingerprint density at radius 2 is 1.87 bits per heavy atom. The third kappa shape index (κ3) is 3.91. The van der Waals surface area contributed by atoms with E-state index in [9.17, 15) is 5.11 Å². The first-order chi connectivity index (χ1) is 11.2. The van der Waals surface area contributed by atoms with Gasteiger partial charge in [-0.15, -0.1) is 11.3 Å². The van der Waals surface area contributed by atoms with E-state index < -0.39 is 0 Å². The van der Waals surface area contributed by atoms with Crippen LogP contribution in [0.15, 0.2) is 24.3 Å². The van der Waals surface area contributed by atoms with Gasteiger partial charge in [0.15, 0.2) is 0 Å². The van der Waals surface area contributed by atoms with E-state index in [1.165, 1.54) is 9.71 Å². The number of piperazine rings is 1. The number of benzene rings is 1. The van der Waals surface area contributed by atoms with Gasteiger partial charge in [-0.3, -0.25) is 9.80 Å². The predicted octanol–water partition coefficient (Wildman–Crippen LogP) is 2.62. The lowest BCUT2D eigenvalue weighted by molar-refractivity contribution is 0.0489. The zero-order chi connectivity index (χ0) is 16.2. The van der Waals surface area contributed by atoms with Crippen molar-refractivity contribution in [3.8, 4) is 0 Å². The summed E-state index contributed by atoms with van der Waals surface area (Å²) in [6, 6.07) is 9.24. The first kappa shape index (κ1) is 16.8. The van der Waals surface area contributed by atoms with Gasteiger partial charge in [0.05, 0.1) is 21.8 Å². The molecule has 23 heavy (non-hydrogen) atoms. The van der Waals surface area contributed by atoms with Gasteiger partial charge in [0.2, 0.25) is 0 Å². The van der Waals surface area contributed by atoms with Crippen molar-refractivity contribution >= 4 is 21.6 Å². The maximum Gasteiger partial charge on any atom is 0.0954 e. The van der Waals surface area contributed by atoms with E-state index in [1.807, 2.05) is 11.3 Å². The second-order valence-electron chi connectivity index (χ2n) is 6.45. The van der Waals surface area contributed by atoms with Crippen molar-refractivity contribution in [1.82, 2.24) is 14.8 Å². The molecule has 0 saturated carbocycles. The predicted molar refractivity (Wildman–Crippen MR) is 97.1 cm³/mol. The highest BCUT2D eigenvalue weighted by molar-refractivity contribution is 7.18. The number of para-hydroxylation sites is 1. The minimum Gasteiger partial charge on any atom is -0.395 e. The molecule has 2 atom stereocenters. The van der Waals surface area contributed by atoms with Gasteiger partial charge >= 0.3 is 0 Å². The third-order valence-corrected chi connectivity index (χ3v) is 6.04. The van der Waals surface area contributed by atoms with Crippen LogP contribution in [0.1, 0.15) is 25.3 Å².